The molecule has 141 heavy (non-hydrogen) atoms. The van der Waals surface area contributed by atoms with Gasteiger partial charge in [-0.3, -0.25) is 13.9 Å². The van der Waals surface area contributed by atoms with Gasteiger partial charge in [-0.15, -0.1) is 5.10 Å². The lowest BCUT2D eigenvalue weighted by Gasteiger charge is -2.30. The number of aromatic nitrogens is 3. The van der Waals surface area contributed by atoms with Gasteiger partial charge in [0.2, 0.25) is 11.6 Å². The highest BCUT2D eigenvalue weighted by atomic mass is 32.2. The van der Waals surface area contributed by atoms with E-state index in [9.17, 15) is 35.5 Å². The highest BCUT2D eigenvalue weighted by molar-refractivity contribution is 7.86. The summed E-state index contributed by atoms with van der Waals surface area (Å²) in [6.07, 6.45) is 22.9. The Morgan fingerprint density at radius 2 is 0.830 bits per heavy atom. The van der Waals surface area contributed by atoms with Gasteiger partial charge < -0.3 is 129 Å². The van der Waals surface area contributed by atoms with Crippen LogP contribution in [0.2, 0.25) is 0 Å². The number of anilines is 1. The average molecular weight is 2040 g/mol. The Labute approximate surface area is 837 Å². The predicted molar refractivity (Wildman–Crippen MR) is 528 cm³/mol. The lowest BCUT2D eigenvalue weighted by Crippen LogP contribution is -2.29. The summed E-state index contributed by atoms with van der Waals surface area (Å²) in [5.74, 6) is 1.58. The fourth-order valence-electron chi connectivity index (χ4n) is 16.5. The number of carbonyl (C=O) groups is 2. The van der Waals surface area contributed by atoms with Crippen molar-refractivity contribution < 1.29 is 154 Å². The van der Waals surface area contributed by atoms with E-state index < -0.39 is 31.1 Å². The zero-order chi connectivity index (χ0) is 101. The number of carbonyl (C=O) groups excluding carboxylic acids is 2. The van der Waals surface area contributed by atoms with Gasteiger partial charge in [0, 0.05) is 67.5 Å². The normalized spacial score (nSPS) is 17.1. The third-order valence-electron chi connectivity index (χ3n) is 24.1. The fraction of sp³-hybridized carbons (Fsp3) is 0.770. The van der Waals surface area contributed by atoms with Crippen molar-refractivity contribution in [2.45, 2.75) is 158 Å². The zero-order valence-electron chi connectivity index (χ0n) is 84.9. The Bertz CT molecular complexity index is 4170. The molecule has 4 N–H and O–H groups in total. The summed E-state index contributed by atoms with van der Waals surface area (Å²) < 4.78 is 208. The maximum atomic E-state index is 12.9. The van der Waals surface area contributed by atoms with Crippen LogP contribution in [0.3, 0.4) is 0 Å². The molecule has 41 heteroatoms. The van der Waals surface area contributed by atoms with Gasteiger partial charge in [0.15, 0.2) is 5.71 Å². The maximum Gasteiger partial charge on any atom is 0.406 e. The van der Waals surface area contributed by atoms with Crippen molar-refractivity contribution in [2.75, 3.05) is 342 Å². The Morgan fingerprint density at radius 1 is 0.447 bits per heavy atom. The van der Waals surface area contributed by atoms with Crippen molar-refractivity contribution in [1.29, 1.82) is 0 Å². The standard InChI is InChI=1S/C100H167N7O32S2/c1-7-9-17-32-105-92-27-22-84(140(110,111)112)81-89(92)99(3,4)95(105)19-13-11-14-20-96-100(5,90-82-85(141(113,114)115)23-28-93(90)106(96)33-18-10-8-2)30-16-12-15-21-97(108)102-31-35-116-37-39-118-41-43-120-45-47-122-49-51-124-53-55-126-57-59-128-61-63-130-65-67-132-69-71-134-73-75-136-77-79-138-80-78-137-76-74-135-72-70-133-68-66-131-64-62-129-60-58-127-56-54-125-52-50-123-48-46-121-44-42-119-40-38-117-36-34-107-94-29-25-87-86(24-26-91(94)103-104-107)88(87)83-139-98(109)101-6/h11,13-14,19-20,22-23,27-28,81-82,86-88H,7-10,12,15-18,21,24-26,29-80,83H2,1-6H3,(H3-,101,102,108,109,110,111,112,113,114,115)/p+1/t86-,87+,88-,100?/m1/s1. The number of nitrogens with one attached hydrogen (secondary N) is 2. The van der Waals surface area contributed by atoms with Gasteiger partial charge in [-0.25, -0.2) is 9.48 Å². The van der Waals surface area contributed by atoms with Crippen LogP contribution in [0.15, 0.2) is 82.3 Å². The molecule has 2 aliphatic carbocycles. The average Bonchev–Trinajstić information content (AvgIpc) is 1.58. The predicted octanol–water partition coefficient (Wildman–Crippen LogP) is 9.55. The Balaban J connectivity index is 0.522. The lowest BCUT2D eigenvalue weighted by atomic mass is 9.77. The summed E-state index contributed by atoms with van der Waals surface area (Å²) >= 11 is 0. The summed E-state index contributed by atoms with van der Waals surface area (Å²) in [7, 11) is -7.31. The lowest BCUT2D eigenvalue weighted by molar-refractivity contribution is -0.438. The van der Waals surface area contributed by atoms with Crippen molar-refractivity contribution in [1.82, 2.24) is 25.6 Å². The molecule has 3 aromatic rings. The molecule has 0 saturated heterocycles. The fourth-order valence-corrected chi connectivity index (χ4v) is 17.5. The first kappa shape index (κ1) is 122. The minimum Gasteiger partial charge on any atom is -0.449 e. The molecule has 3 heterocycles. The van der Waals surface area contributed by atoms with Crippen LogP contribution in [0.25, 0.3) is 0 Å². The van der Waals surface area contributed by atoms with Crippen LogP contribution >= 0.6 is 0 Å². The Kier molecular flexibility index (Phi) is 65.3. The molecule has 4 atom stereocenters. The van der Waals surface area contributed by atoms with E-state index in [-0.39, 0.29) is 21.8 Å². The molecular weight excluding hydrogens is 1880 g/mol. The van der Waals surface area contributed by atoms with Gasteiger partial charge in [-0.05, 0) is 132 Å². The molecule has 1 unspecified atom stereocenters. The first-order valence-electron chi connectivity index (χ1n) is 50.9. The third-order valence-corrected chi connectivity index (χ3v) is 25.8. The number of allylic oxidation sites excluding steroid dienone is 6. The number of hydrogen-bond donors (Lipinski definition) is 4. The molecule has 2 amide bonds. The molecule has 0 bridgehead atoms. The quantitative estimate of drug-likeness (QED) is 0.0177. The number of fused-ring (bicyclic) bond motifs is 4. The van der Waals surface area contributed by atoms with E-state index in [0.717, 1.165) is 130 Å². The van der Waals surface area contributed by atoms with Crippen LogP contribution in [0.1, 0.15) is 141 Å². The number of hydrogen-bond acceptors (Lipinski definition) is 33. The highest BCUT2D eigenvalue weighted by Gasteiger charge is 2.51. The number of unbranched alkanes of at least 4 members (excludes halogenated alkanes) is 6. The monoisotopic (exact) mass is 2040 g/mol. The molecule has 0 spiro atoms. The minimum absolute atomic E-state index is 0.0623. The van der Waals surface area contributed by atoms with E-state index in [1.54, 1.807) is 31.3 Å². The second-order valence-corrected chi connectivity index (χ2v) is 37.6. The van der Waals surface area contributed by atoms with Gasteiger partial charge in [0.1, 0.15) is 6.54 Å². The zero-order valence-corrected chi connectivity index (χ0v) is 86.6. The molecule has 2 aliphatic heterocycles. The van der Waals surface area contributed by atoms with E-state index in [2.05, 4.69) is 77.2 Å². The second kappa shape index (κ2) is 75.6. The van der Waals surface area contributed by atoms with Gasteiger partial charge in [-0.2, -0.15) is 21.4 Å². The highest BCUT2D eigenvalue weighted by Crippen LogP contribution is 2.54. The van der Waals surface area contributed by atoms with Gasteiger partial charge in [0.05, 0.1) is 344 Å². The molecule has 1 fully saturated rings. The number of alkyl carbamates (subject to hydrolysis) is 1. The summed E-state index contributed by atoms with van der Waals surface area (Å²) in [6.45, 7) is 34.6. The number of ether oxygens (including phenoxy) is 24. The van der Waals surface area contributed by atoms with Gasteiger partial charge in [-0.1, -0.05) is 69.4 Å². The van der Waals surface area contributed by atoms with Crippen molar-refractivity contribution in [3.63, 3.8) is 0 Å². The molecule has 4 aliphatic rings. The van der Waals surface area contributed by atoms with Crippen LogP contribution in [-0.2, 0) is 169 Å². The number of amides is 2. The number of rotatable bonds is 93. The molecule has 7 rings (SSSR count). The molecule has 0 radical (unpaired) electrons. The van der Waals surface area contributed by atoms with Crippen LogP contribution in [0, 0.1) is 17.8 Å². The largest absolute Gasteiger partial charge is 0.449 e. The number of aryl methyl sites for hydroxylation is 1. The van der Waals surface area contributed by atoms with Crippen LogP contribution in [0.5, 0.6) is 0 Å². The Hall–Kier alpha value is -6.09. The first-order valence-corrected chi connectivity index (χ1v) is 53.7. The molecule has 39 nitrogen and oxygen atoms in total. The Morgan fingerprint density at radius 3 is 1.23 bits per heavy atom. The van der Waals surface area contributed by atoms with Crippen LogP contribution < -0.4 is 15.5 Å². The van der Waals surface area contributed by atoms with E-state index in [4.69, 9.17) is 114 Å². The third kappa shape index (κ3) is 50.9. The van der Waals surface area contributed by atoms with Gasteiger partial charge in [0.25, 0.3) is 20.2 Å². The van der Waals surface area contributed by atoms with Crippen molar-refractivity contribution in [3.8, 4) is 0 Å². The maximum absolute atomic E-state index is 12.9. The van der Waals surface area contributed by atoms with Crippen molar-refractivity contribution in [3.05, 3.63) is 95.0 Å². The van der Waals surface area contributed by atoms with Gasteiger partial charge >= 0.3 is 6.09 Å². The summed E-state index contributed by atoms with van der Waals surface area (Å²) in [6, 6.07) is 9.66. The summed E-state index contributed by atoms with van der Waals surface area (Å²) in [5.41, 5.74) is 6.57. The van der Waals surface area contributed by atoms with E-state index in [1.165, 1.54) is 17.8 Å². The van der Waals surface area contributed by atoms with E-state index >= 15 is 0 Å². The number of nitrogens with zero attached hydrogens (tertiary/aromatic N) is 5. The molecular formula is C100H168N7O32S2+. The molecule has 806 valence electrons. The SMILES string of the molecule is CCCCCN1C(=CC=CC=CC2=[N+](CCCCC)c3ccc(S(=O)(=O)O)cc3C2(C)C)C(C)(CCCCCC(=O)NCCOCCOCCOCCOCCOCCOCCOCCOCCOCCOCCOCCOCCOCCOCCOCCOCCOCCOCCOCCOCCOCCOCCOCCn2nnc3c2CC[C@H]2[C@@H](CC3)[C@H]2COC(=O)NC)c2cc(S(=O)(=O)O)ccc21. The first-order chi connectivity index (χ1) is 68.8. The molecule has 1 aromatic heterocycles. The summed E-state index contributed by atoms with van der Waals surface area (Å²) in [4.78, 5) is 26.4. The van der Waals surface area contributed by atoms with Crippen LogP contribution in [-0.4, -0.2) is 400 Å². The van der Waals surface area contributed by atoms with Crippen molar-refractivity contribution >= 4 is 49.3 Å². The van der Waals surface area contributed by atoms with E-state index in [0.29, 0.717) is 361 Å². The topological polar surface area (TPSA) is 425 Å². The smallest absolute Gasteiger partial charge is 0.406 e. The van der Waals surface area contributed by atoms with E-state index in [1.807, 2.05) is 22.9 Å². The second-order valence-electron chi connectivity index (χ2n) is 34.8. The van der Waals surface area contributed by atoms with Crippen LogP contribution in [0.4, 0.5) is 16.2 Å². The molecule has 1 saturated carbocycles. The molecule has 2 aromatic carbocycles. The minimum atomic E-state index is -4.49. The summed E-state index contributed by atoms with van der Waals surface area (Å²) in [5, 5.41) is 14.3. The van der Waals surface area contributed by atoms with Crippen molar-refractivity contribution in [2.24, 2.45) is 17.8 Å². The number of benzene rings is 2.